The van der Waals surface area contributed by atoms with E-state index in [1.807, 2.05) is 56.3 Å². The van der Waals surface area contributed by atoms with Crippen LogP contribution in [0.25, 0.3) is 22.4 Å². The molecule has 0 aliphatic heterocycles. The predicted octanol–water partition coefficient (Wildman–Crippen LogP) is 6.27. The summed E-state index contributed by atoms with van der Waals surface area (Å²) in [5.74, 6) is 1.37. The van der Waals surface area contributed by atoms with Crippen LogP contribution in [0.3, 0.4) is 0 Å². The number of aryl methyl sites for hydroxylation is 1. The van der Waals surface area contributed by atoms with Gasteiger partial charge in [-0.1, -0.05) is 47.5 Å². The number of fused-ring (bicyclic) bond motifs is 1. The van der Waals surface area contributed by atoms with Gasteiger partial charge < -0.3 is 8.98 Å². The highest BCUT2D eigenvalue weighted by Gasteiger charge is 2.16. The van der Waals surface area contributed by atoms with Crippen molar-refractivity contribution < 1.29 is 4.42 Å². The Morgan fingerprint density at radius 1 is 1.04 bits per heavy atom. The molecule has 5 heteroatoms. The van der Waals surface area contributed by atoms with Crippen LogP contribution in [-0.4, -0.2) is 9.55 Å². The molecule has 0 saturated carbocycles. The van der Waals surface area contributed by atoms with Crippen LogP contribution < -0.4 is 0 Å². The summed E-state index contributed by atoms with van der Waals surface area (Å²) >= 11 is 12.6. The minimum Gasteiger partial charge on any atom is -0.441 e. The topological polar surface area (TPSA) is 31.0 Å². The fourth-order valence-electron chi connectivity index (χ4n) is 3.06. The number of hydrogen-bond acceptors (Lipinski definition) is 2. The summed E-state index contributed by atoms with van der Waals surface area (Å²) in [5.41, 5.74) is 3.87. The molecule has 2 heterocycles. The van der Waals surface area contributed by atoms with Crippen molar-refractivity contribution in [2.75, 3.05) is 0 Å². The van der Waals surface area contributed by atoms with Crippen molar-refractivity contribution in [2.45, 2.75) is 20.4 Å². The Bertz CT molecular complexity index is 1080. The summed E-state index contributed by atoms with van der Waals surface area (Å²) < 4.78 is 8.04. The number of rotatable bonds is 3. The van der Waals surface area contributed by atoms with Gasteiger partial charge in [0, 0.05) is 21.7 Å². The van der Waals surface area contributed by atoms with Crippen LogP contribution in [0.4, 0.5) is 0 Å². The van der Waals surface area contributed by atoms with Gasteiger partial charge in [-0.15, -0.1) is 0 Å². The van der Waals surface area contributed by atoms with Gasteiger partial charge in [0.25, 0.3) is 0 Å². The molecule has 0 radical (unpaired) electrons. The van der Waals surface area contributed by atoms with Gasteiger partial charge in [-0.3, -0.25) is 0 Å². The average Bonchev–Trinajstić information content (AvgIpc) is 3.09. The molecule has 0 spiro atoms. The average molecular weight is 371 g/mol. The van der Waals surface area contributed by atoms with Gasteiger partial charge in [-0.05, 0) is 38.1 Å². The summed E-state index contributed by atoms with van der Waals surface area (Å²) in [6.45, 7) is 4.56. The summed E-state index contributed by atoms with van der Waals surface area (Å²) in [5, 5.41) is 2.50. The first-order valence-corrected chi connectivity index (χ1v) is 8.76. The van der Waals surface area contributed by atoms with E-state index in [0.717, 1.165) is 38.6 Å². The molecule has 2 aromatic heterocycles. The van der Waals surface area contributed by atoms with Crippen LogP contribution in [0.2, 0.25) is 10.0 Å². The number of oxazole rings is 1. The van der Waals surface area contributed by atoms with Crippen LogP contribution in [-0.2, 0) is 6.54 Å². The molecule has 0 amide bonds. The van der Waals surface area contributed by atoms with E-state index in [1.54, 1.807) is 0 Å². The molecule has 4 aromatic rings. The van der Waals surface area contributed by atoms with Crippen LogP contribution in [0.1, 0.15) is 17.1 Å². The van der Waals surface area contributed by atoms with Crippen molar-refractivity contribution in [3.05, 3.63) is 75.7 Å². The number of aromatic nitrogens is 2. The molecule has 0 atom stereocenters. The number of benzene rings is 2. The SMILES string of the molecule is Cc1oc(-c2cccc(Cl)c2)nc1Cn1c(C)c(Cl)c2ccccc21. The minimum absolute atomic E-state index is 0.579. The Labute approximate surface area is 155 Å². The molecule has 4 rings (SSSR count). The lowest BCUT2D eigenvalue weighted by Crippen LogP contribution is -2.03. The number of para-hydroxylation sites is 1. The zero-order chi connectivity index (χ0) is 17.6. The zero-order valence-corrected chi connectivity index (χ0v) is 15.4. The highest BCUT2D eigenvalue weighted by atomic mass is 35.5. The second-order valence-corrected chi connectivity index (χ2v) is 6.85. The molecule has 126 valence electrons. The smallest absolute Gasteiger partial charge is 0.226 e. The van der Waals surface area contributed by atoms with Gasteiger partial charge in [0.2, 0.25) is 5.89 Å². The molecule has 0 aliphatic rings. The van der Waals surface area contributed by atoms with Crippen molar-refractivity contribution in [1.29, 1.82) is 0 Å². The lowest BCUT2D eigenvalue weighted by atomic mass is 10.2. The molecule has 0 N–H and O–H groups in total. The zero-order valence-electron chi connectivity index (χ0n) is 13.9. The number of hydrogen-bond donors (Lipinski definition) is 0. The summed E-state index contributed by atoms with van der Waals surface area (Å²) in [7, 11) is 0. The Morgan fingerprint density at radius 2 is 1.84 bits per heavy atom. The Kier molecular flexibility index (Phi) is 4.06. The fourth-order valence-corrected chi connectivity index (χ4v) is 3.51. The van der Waals surface area contributed by atoms with Crippen LogP contribution in [0, 0.1) is 13.8 Å². The Hall–Kier alpha value is -2.23. The molecular formula is C20H16Cl2N2O. The molecular weight excluding hydrogens is 355 g/mol. The van der Waals surface area contributed by atoms with Gasteiger partial charge in [0.15, 0.2) is 0 Å². The summed E-state index contributed by atoms with van der Waals surface area (Å²) in [4.78, 5) is 4.68. The van der Waals surface area contributed by atoms with E-state index in [0.29, 0.717) is 17.5 Å². The maximum absolute atomic E-state index is 6.49. The first-order valence-electron chi connectivity index (χ1n) is 8.00. The molecule has 0 fully saturated rings. The highest BCUT2D eigenvalue weighted by Crippen LogP contribution is 2.31. The molecule has 0 aliphatic carbocycles. The third-order valence-corrected chi connectivity index (χ3v) is 5.14. The lowest BCUT2D eigenvalue weighted by Gasteiger charge is -2.06. The van der Waals surface area contributed by atoms with Gasteiger partial charge in [-0.2, -0.15) is 0 Å². The highest BCUT2D eigenvalue weighted by molar-refractivity contribution is 6.36. The van der Waals surface area contributed by atoms with E-state index >= 15 is 0 Å². The van der Waals surface area contributed by atoms with Crippen LogP contribution >= 0.6 is 23.2 Å². The van der Waals surface area contributed by atoms with Crippen LogP contribution in [0.15, 0.2) is 52.9 Å². The predicted molar refractivity (Wildman–Crippen MR) is 102 cm³/mol. The van der Waals surface area contributed by atoms with Crippen molar-refractivity contribution in [3.63, 3.8) is 0 Å². The monoisotopic (exact) mass is 370 g/mol. The quantitative estimate of drug-likeness (QED) is 0.425. The van der Waals surface area contributed by atoms with Crippen molar-refractivity contribution in [2.24, 2.45) is 0 Å². The number of nitrogens with zero attached hydrogens (tertiary/aromatic N) is 2. The van der Waals surface area contributed by atoms with E-state index in [4.69, 9.17) is 27.6 Å². The first kappa shape index (κ1) is 16.2. The maximum Gasteiger partial charge on any atom is 0.226 e. The van der Waals surface area contributed by atoms with Gasteiger partial charge in [-0.25, -0.2) is 4.98 Å². The van der Waals surface area contributed by atoms with E-state index in [-0.39, 0.29) is 0 Å². The fraction of sp³-hybridized carbons (Fsp3) is 0.150. The third-order valence-electron chi connectivity index (χ3n) is 4.43. The van der Waals surface area contributed by atoms with Crippen molar-refractivity contribution in [1.82, 2.24) is 9.55 Å². The van der Waals surface area contributed by atoms with E-state index in [1.165, 1.54) is 0 Å². The Balaban J connectivity index is 1.77. The third kappa shape index (κ3) is 2.84. The molecule has 0 unspecified atom stereocenters. The van der Waals surface area contributed by atoms with Gasteiger partial charge in [0.05, 0.1) is 17.1 Å². The summed E-state index contributed by atoms with van der Waals surface area (Å²) in [6.07, 6.45) is 0. The molecule has 0 bridgehead atoms. The normalized spacial score (nSPS) is 11.4. The molecule has 3 nitrogen and oxygen atoms in total. The molecule has 25 heavy (non-hydrogen) atoms. The molecule has 0 saturated heterocycles. The van der Waals surface area contributed by atoms with E-state index in [2.05, 4.69) is 15.6 Å². The number of halogens is 2. The van der Waals surface area contributed by atoms with Crippen molar-refractivity contribution in [3.8, 4) is 11.5 Å². The minimum atomic E-state index is 0.579. The van der Waals surface area contributed by atoms with Gasteiger partial charge >= 0.3 is 0 Å². The van der Waals surface area contributed by atoms with Crippen LogP contribution in [0.5, 0.6) is 0 Å². The van der Waals surface area contributed by atoms with Crippen molar-refractivity contribution >= 4 is 34.1 Å². The second kappa shape index (κ2) is 6.25. The van der Waals surface area contributed by atoms with E-state index in [9.17, 15) is 0 Å². The standard InChI is InChI=1S/C20H16Cl2N2O/c1-12-19(22)16-8-3-4-9-18(16)24(12)11-17-13(2)25-20(23-17)14-6-5-7-15(21)10-14/h3-10H,11H2,1-2H3. The first-order chi connectivity index (χ1) is 12.0. The Morgan fingerprint density at radius 3 is 2.64 bits per heavy atom. The van der Waals surface area contributed by atoms with E-state index < -0.39 is 0 Å². The molecule has 2 aromatic carbocycles. The maximum atomic E-state index is 6.49. The largest absolute Gasteiger partial charge is 0.441 e. The summed E-state index contributed by atoms with van der Waals surface area (Å²) in [6, 6.07) is 15.6. The van der Waals surface area contributed by atoms with Gasteiger partial charge in [0.1, 0.15) is 11.5 Å². The lowest BCUT2D eigenvalue weighted by molar-refractivity contribution is 0.538. The second-order valence-electron chi connectivity index (χ2n) is 6.03.